The fourth-order valence-corrected chi connectivity index (χ4v) is 2.67. The summed E-state index contributed by atoms with van der Waals surface area (Å²) in [7, 11) is 1.67. The Morgan fingerprint density at radius 1 is 1.28 bits per heavy atom. The number of amides is 1. The zero-order valence-electron chi connectivity index (χ0n) is 12.1. The molecule has 0 spiro atoms. The minimum absolute atomic E-state index is 0.229. The molecule has 1 amide bonds. The van der Waals surface area contributed by atoms with E-state index in [9.17, 15) is 4.79 Å². The molecule has 1 aliphatic heterocycles. The molecule has 4 heteroatoms. The molecule has 18 heavy (non-hydrogen) atoms. The number of carbonyl (C=O) groups excluding carboxylic acids is 1. The van der Waals surface area contributed by atoms with Gasteiger partial charge < -0.3 is 15.0 Å². The molecule has 1 saturated heterocycles. The number of hydrogen-bond acceptors (Lipinski definition) is 3. The third-order valence-corrected chi connectivity index (χ3v) is 4.44. The molecule has 4 nitrogen and oxygen atoms in total. The van der Waals surface area contributed by atoms with Crippen LogP contribution in [0.25, 0.3) is 0 Å². The van der Waals surface area contributed by atoms with Crippen LogP contribution in [0.1, 0.15) is 39.5 Å². The van der Waals surface area contributed by atoms with E-state index >= 15 is 0 Å². The van der Waals surface area contributed by atoms with Gasteiger partial charge in [0.15, 0.2) is 0 Å². The van der Waals surface area contributed by atoms with Crippen molar-refractivity contribution < 1.29 is 9.53 Å². The fraction of sp³-hybridized carbons (Fsp3) is 0.929. The lowest BCUT2D eigenvalue weighted by molar-refractivity contribution is -0.132. The second-order valence-electron chi connectivity index (χ2n) is 5.26. The number of likely N-dealkylation sites (tertiary alicyclic amines) is 1. The second kappa shape index (κ2) is 7.74. The predicted molar refractivity (Wildman–Crippen MR) is 73.6 cm³/mol. The number of rotatable bonds is 7. The Morgan fingerprint density at radius 2 is 1.89 bits per heavy atom. The van der Waals surface area contributed by atoms with Crippen LogP contribution in [0.3, 0.4) is 0 Å². The van der Waals surface area contributed by atoms with Gasteiger partial charge in [-0.25, -0.2) is 0 Å². The van der Waals surface area contributed by atoms with Crippen LogP contribution < -0.4 is 5.32 Å². The quantitative estimate of drug-likeness (QED) is 0.704. The number of nitrogens with one attached hydrogen (secondary N) is 1. The van der Waals surface area contributed by atoms with Gasteiger partial charge in [-0.2, -0.15) is 0 Å². The third kappa shape index (κ3) is 4.25. The van der Waals surface area contributed by atoms with Gasteiger partial charge in [0.05, 0.1) is 13.2 Å². The van der Waals surface area contributed by atoms with E-state index in [4.69, 9.17) is 4.74 Å². The summed E-state index contributed by atoms with van der Waals surface area (Å²) in [6.07, 6.45) is 4.78. The normalized spacial score (nSPS) is 18.9. The summed E-state index contributed by atoms with van der Waals surface area (Å²) >= 11 is 0. The van der Waals surface area contributed by atoms with Crippen molar-refractivity contribution in [3.63, 3.8) is 0 Å². The summed E-state index contributed by atoms with van der Waals surface area (Å²) in [5.74, 6) is 0.229. The molecule has 0 bridgehead atoms. The Morgan fingerprint density at radius 3 is 2.39 bits per heavy atom. The largest absolute Gasteiger partial charge is 0.383 e. The number of ether oxygens (including phenoxy) is 1. The van der Waals surface area contributed by atoms with Crippen molar-refractivity contribution in [2.75, 3.05) is 39.9 Å². The second-order valence-corrected chi connectivity index (χ2v) is 5.26. The maximum absolute atomic E-state index is 12.0. The van der Waals surface area contributed by atoms with Crippen molar-refractivity contribution in [1.29, 1.82) is 0 Å². The lowest BCUT2D eigenvalue weighted by Gasteiger charge is -2.41. The topological polar surface area (TPSA) is 41.6 Å². The highest BCUT2D eigenvalue weighted by atomic mass is 16.5. The molecule has 0 aromatic carbocycles. The molecule has 0 aromatic rings. The van der Waals surface area contributed by atoms with Crippen molar-refractivity contribution in [2.24, 2.45) is 5.41 Å². The molecule has 1 fully saturated rings. The van der Waals surface area contributed by atoms with E-state index in [0.717, 1.165) is 32.5 Å². The maximum atomic E-state index is 12.0. The maximum Gasteiger partial charge on any atom is 0.236 e. The van der Waals surface area contributed by atoms with Crippen LogP contribution in [0.15, 0.2) is 0 Å². The zero-order valence-corrected chi connectivity index (χ0v) is 12.1. The van der Waals surface area contributed by atoms with E-state index in [1.807, 2.05) is 4.90 Å². The van der Waals surface area contributed by atoms with Gasteiger partial charge in [-0.15, -0.1) is 0 Å². The van der Waals surface area contributed by atoms with Crippen LogP contribution in [0.2, 0.25) is 0 Å². The first-order valence-corrected chi connectivity index (χ1v) is 7.15. The average molecular weight is 256 g/mol. The monoisotopic (exact) mass is 256 g/mol. The summed E-state index contributed by atoms with van der Waals surface area (Å²) in [6.45, 7) is 8.22. The van der Waals surface area contributed by atoms with Crippen LogP contribution in [0.5, 0.6) is 0 Å². The van der Waals surface area contributed by atoms with E-state index in [1.54, 1.807) is 7.11 Å². The van der Waals surface area contributed by atoms with E-state index in [2.05, 4.69) is 19.2 Å². The lowest BCUT2D eigenvalue weighted by Crippen LogP contribution is -2.46. The molecule has 1 heterocycles. The Balaban J connectivity index is 2.27. The Bertz CT molecular complexity index is 242. The summed E-state index contributed by atoms with van der Waals surface area (Å²) in [5, 5.41) is 3.12. The van der Waals surface area contributed by atoms with Crippen molar-refractivity contribution in [3.8, 4) is 0 Å². The van der Waals surface area contributed by atoms with Gasteiger partial charge in [0.1, 0.15) is 0 Å². The molecule has 0 radical (unpaired) electrons. The number of piperidine rings is 1. The molecule has 0 atom stereocenters. The SMILES string of the molecule is CCC1(CC)CCN(C(=O)CNCCOC)CC1. The van der Waals surface area contributed by atoms with Gasteiger partial charge in [0.2, 0.25) is 5.91 Å². The van der Waals surface area contributed by atoms with E-state index < -0.39 is 0 Å². The first-order chi connectivity index (χ1) is 8.67. The van der Waals surface area contributed by atoms with Crippen LogP contribution in [0.4, 0.5) is 0 Å². The smallest absolute Gasteiger partial charge is 0.236 e. The minimum Gasteiger partial charge on any atom is -0.383 e. The van der Waals surface area contributed by atoms with E-state index in [-0.39, 0.29) is 5.91 Å². The first-order valence-electron chi connectivity index (χ1n) is 7.15. The molecular weight excluding hydrogens is 228 g/mol. The fourth-order valence-electron chi connectivity index (χ4n) is 2.67. The van der Waals surface area contributed by atoms with Crippen molar-refractivity contribution >= 4 is 5.91 Å². The summed E-state index contributed by atoms with van der Waals surface area (Å²) < 4.78 is 4.94. The van der Waals surface area contributed by atoms with Crippen molar-refractivity contribution in [3.05, 3.63) is 0 Å². The van der Waals surface area contributed by atoms with Gasteiger partial charge in [-0.05, 0) is 18.3 Å². The van der Waals surface area contributed by atoms with Gasteiger partial charge in [-0.3, -0.25) is 4.79 Å². The zero-order chi connectivity index (χ0) is 13.4. The van der Waals surface area contributed by atoms with E-state index in [1.165, 1.54) is 12.8 Å². The number of carbonyl (C=O) groups is 1. The van der Waals surface area contributed by atoms with Crippen LogP contribution >= 0.6 is 0 Å². The molecule has 106 valence electrons. The third-order valence-electron chi connectivity index (χ3n) is 4.44. The van der Waals surface area contributed by atoms with Crippen molar-refractivity contribution in [1.82, 2.24) is 10.2 Å². The Hall–Kier alpha value is -0.610. The van der Waals surface area contributed by atoms with Crippen LogP contribution in [0, 0.1) is 5.41 Å². The molecule has 0 unspecified atom stereocenters. The predicted octanol–water partition coefficient (Wildman–Crippen LogP) is 1.65. The summed E-state index contributed by atoms with van der Waals surface area (Å²) in [4.78, 5) is 14.0. The first kappa shape index (κ1) is 15.4. The molecular formula is C14H28N2O2. The molecule has 1 N–H and O–H groups in total. The van der Waals surface area contributed by atoms with Crippen LogP contribution in [-0.4, -0.2) is 50.7 Å². The highest BCUT2D eigenvalue weighted by Crippen LogP contribution is 2.37. The minimum atomic E-state index is 0.229. The number of nitrogens with zero attached hydrogens (tertiary/aromatic N) is 1. The van der Waals surface area contributed by atoms with Gasteiger partial charge >= 0.3 is 0 Å². The molecule has 0 aliphatic carbocycles. The number of methoxy groups -OCH3 is 1. The highest BCUT2D eigenvalue weighted by molar-refractivity contribution is 5.78. The average Bonchev–Trinajstić information content (AvgIpc) is 2.43. The highest BCUT2D eigenvalue weighted by Gasteiger charge is 2.32. The summed E-state index contributed by atoms with van der Waals surface area (Å²) in [5.41, 5.74) is 0.486. The standard InChI is InChI=1S/C14H28N2O2/c1-4-14(5-2)6-9-16(10-7-14)13(17)12-15-8-11-18-3/h15H,4-12H2,1-3H3. The van der Waals surface area contributed by atoms with E-state index in [0.29, 0.717) is 18.6 Å². The molecule has 1 rings (SSSR count). The van der Waals surface area contributed by atoms with Gasteiger partial charge in [0.25, 0.3) is 0 Å². The molecule has 1 aliphatic rings. The van der Waals surface area contributed by atoms with Crippen LogP contribution in [-0.2, 0) is 9.53 Å². The summed E-state index contributed by atoms with van der Waals surface area (Å²) in [6, 6.07) is 0. The van der Waals surface area contributed by atoms with Gasteiger partial charge in [0, 0.05) is 26.7 Å². The molecule has 0 saturated carbocycles. The lowest BCUT2D eigenvalue weighted by atomic mass is 9.74. The van der Waals surface area contributed by atoms with Crippen molar-refractivity contribution in [2.45, 2.75) is 39.5 Å². The van der Waals surface area contributed by atoms with Gasteiger partial charge in [-0.1, -0.05) is 26.7 Å². The number of hydrogen-bond donors (Lipinski definition) is 1. The Kier molecular flexibility index (Phi) is 6.65. The Labute approximate surface area is 111 Å². The molecule has 0 aromatic heterocycles.